The van der Waals surface area contributed by atoms with Gasteiger partial charge in [-0.15, -0.1) is 0 Å². The molecular weight excluding hydrogens is 374 g/mol. The van der Waals surface area contributed by atoms with Gasteiger partial charge in [-0.2, -0.15) is 0 Å². The van der Waals surface area contributed by atoms with E-state index in [0.717, 1.165) is 54.1 Å². The topological polar surface area (TPSA) is 54.6 Å². The smallest absolute Gasteiger partial charge is 0.134 e. The van der Waals surface area contributed by atoms with E-state index in [9.17, 15) is 0 Å². The predicted octanol–water partition coefficient (Wildman–Crippen LogP) is 6.47. The van der Waals surface area contributed by atoms with Gasteiger partial charge in [-0.05, 0) is 80.8 Å². The predicted molar refractivity (Wildman–Crippen MR) is 121 cm³/mol. The molecule has 158 valence electrons. The lowest BCUT2D eigenvalue weighted by molar-refractivity contribution is 0.180. The van der Waals surface area contributed by atoms with Crippen LogP contribution in [0.15, 0.2) is 64.9 Å². The molecule has 1 unspecified atom stereocenters. The van der Waals surface area contributed by atoms with Crippen LogP contribution in [0.25, 0.3) is 11.0 Å². The molecule has 1 aromatic heterocycles. The average molecular weight is 406 g/mol. The van der Waals surface area contributed by atoms with E-state index < -0.39 is 0 Å². The number of aliphatic hydroxyl groups is 1. The molecule has 0 aliphatic heterocycles. The van der Waals surface area contributed by atoms with Crippen LogP contribution in [0, 0.1) is 5.92 Å². The Kier molecular flexibility index (Phi) is 6.32. The molecule has 0 saturated heterocycles. The van der Waals surface area contributed by atoms with Gasteiger partial charge in [0.25, 0.3) is 0 Å². The molecule has 1 heterocycles. The second kappa shape index (κ2) is 9.29. The molecule has 1 atom stereocenters. The molecule has 1 saturated carbocycles. The van der Waals surface area contributed by atoms with E-state index in [-0.39, 0.29) is 6.04 Å². The number of rotatable bonds is 9. The molecule has 1 aliphatic rings. The molecule has 30 heavy (non-hydrogen) atoms. The summed E-state index contributed by atoms with van der Waals surface area (Å²) in [6, 6.07) is 17.0. The van der Waals surface area contributed by atoms with E-state index in [1.54, 1.807) is 0 Å². The molecular formula is C26H31NO3. The summed E-state index contributed by atoms with van der Waals surface area (Å²) >= 11 is 0. The Morgan fingerprint density at radius 3 is 2.57 bits per heavy atom. The number of hydrogen-bond acceptors (Lipinski definition) is 4. The van der Waals surface area contributed by atoms with Crippen LogP contribution in [-0.2, 0) is 12.8 Å². The SMILES string of the molecule is C/C(=C\O)NC(C)c1cc2ccc(CCc3ccc(OCC4CCC4)cc3)cc2o1. The maximum Gasteiger partial charge on any atom is 0.134 e. The lowest BCUT2D eigenvalue weighted by Crippen LogP contribution is -2.19. The van der Waals surface area contributed by atoms with Crippen molar-refractivity contribution in [2.75, 3.05) is 6.61 Å². The molecule has 0 bridgehead atoms. The molecule has 4 rings (SSSR count). The van der Waals surface area contributed by atoms with Gasteiger partial charge in [-0.3, -0.25) is 0 Å². The van der Waals surface area contributed by atoms with Crippen molar-refractivity contribution in [2.45, 2.75) is 52.0 Å². The van der Waals surface area contributed by atoms with Gasteiger partial charge >= 0.3 is 0 Å². The Morgan fingerprint density at radius 1 is 1.13 bits per heavy atom. The Balaban J connectivity index is 1.34. The fraction of sp³-hybridized carbons (Fsp3) is 0.385. The first-order chi connectivity index (χ1) is 14.6. The number of ether oxygens (including phenoxy) is 1. The second-order valence-electron chi connectivity index (χ2n) is 8.45. The summed E-state index contributed by atoms with van der Waals surface area (Å²) in [4.78, 5) is 0. The first-order valence-corrected chi connectivity index (χ1v) is 10.9. The average Bonchev–Trinajstić information content (AvgIpc) is 3.15. The van der Waals surface area contributed by atoms with E-state index in [0.29, 0.717) is 5.70 Å². The third-order valence-corrected chi connectivity index (χ3v) is 6.00. The third kappa shape index (κ3) is 4.99. The number of benzene rings is 2. The highest BCUT2D eigenvalue weighted by Gasteiger charge is 2.17. The molecule has 0 spiro atoms. The highest BCUT2D eigenvalue weighted by atomic mass is 16.5. The zero-order valence-corrected chi connectivity index (χ0v) is 17.9. The highest BCUT2D eigenvalue weighted by molar-refractivity contribution is 5.78. The van der Waals surface area contributed by atoms with Crippen LogP contribution in [0.1, 0.15) is 56.0 Å². The molecule has 3 aromatic rings. The summed E-state index contributed by atoms with van der Waals surface area (Å²) in [6.07, 6.45) is 7.01. The van der Waals surface area contributed by atoms with Crippen LogP contribution in [0.5, 0.6) is 5.75 Å². The van der Waals surface area contributed by atoms with Crippen LogP contribution < -0.4 is 10.1 Å². The van der Waals surface area contributed by atoms with Crippen molar-refractivity contribution in [3.8, 4) is 5.75 Å². The van der Waals surface area contributed by atoms with Crippen molar-refractivity contribution >= 4 is 11.0 Å². The van der Waals surface area contributed by atoms with Gasteiger partial charge in [0.1, 0.15) is 17.1 Å². The Hall–Kier alpha value is -2.88. The zero-order chi connectivity index (χ0) is 20.9. The number of allylic oxidation sites excluding steroid dienone is 1. The van der Waals surface area contributed by atoms with Crippen LogP contribution in [-0.4, -0.2) is 11.7 Å². The lowest BCUT2D eigenvalue weighted by Gasteiger charge is -2.25. The normalized spacial score (nSPS) is 15.7. The number of hydrogen-bond donors (Lipinski definition) is 2. The molecule has 4 heteroatoms. The van der Waals surface area contributed by atoms with Crippen molar-refractivity contribution in [1.82, 2.24) is 5.32 Å². The minimum atomic E-state index is -0.00530. The summed E-state index contributed by atoms with van der Waals surface area (Å²) in [5, 5.41) is 13.4. The van der Waals surface area contributed by atoms with Crippen molar-refractivity contribution in [1.29, 1.82) is 0 Å². The Morgan fingerprint density at radius 2 is 1.87 bits per heavy atom. The molecule has 1 aliphatic carbocycles. The monoisotopic (exact) mass is 405 g/mol. The molecule has 0 radical (unpaired) electrons. The number of fused-ring (bicyclic) bond motifs is 1. The lowest BCUT2D eigenvalue weighted by atomic mass is 9.86. The van der Waals surface area contributed by atoms with E-state index in [2.05, 4.69) is 53.8 Å². The quantitative estimate of drug-likeness (QED) is 0.401. The largest absolute Gasteiger partial charge is 0.514 e. The first-order valence-electron chi connectivity index (χ1n) is 10.9. The summed E-state index contributed by atoms with van der Waals surface area (Å²) in [5.74, 6) is 2.60. The fourth-order valence-corrected chi connectivity index (χ4v) is 3.83. The molecule has 0 amide bonds. The van der Waals surface area contributed by atoms with E-state index in [4.69, 9.17) is 14.3 Å². The zero-order valence-electron chi connectivity index (χ0n) is 17.9. The number of nitrogens with one attached hydrogen (secondary N) is 1. The minimum Gasteiger partial charge on any atom is -0.514 e. The summed E-state index contributed by atoms with van der Waals surface area (Å²) < 4.78 is 11.9. The summed E-state index contributed by atoms with van der Waals surface area (Å²) in [5.41, 5.74) is 4.20. The van der Waals surface area contributed by atoms with E-state index in [1.807, 2.05) is 13.8 Å². The first kappa shape index (κ1) is 20.4. The van der Waals surface area contributed by atoms with Crippen molar-refractivity contribution in [2.24, 2.45) is 5.92 Å². The highest BCUT2D eigenvalue weighted by Crippen LogP contribution is 2.28. The van der Waals surface area contributed by atoms with Crippen molar-refractivity contribution in [3.63, 3.8) is 0 Å². The maximum atomic E-state index is 9.07. The third-order valence-electron chi connectivity index (χ3n) is 6.00. The summed E-state index contributed by atoms with van der Waals surface area (Å²) in [6.45, 7) is 4.70. The number of aryl methyl sites for hydroxylation is 2. The van der Waals surface area contributed by atoms with Gasteiger partial charge in [-0.25, -0.2) is 0 Å². The van der Waals surface area contributed by atoms with Gasteiger partial charge in [-0.1, -0.05) is 30.7 Å². The van der Waals surface area contributed by atoms with Crippen LogP contribution >= 0.6 is 0 Å². The summed E-state index contributed by atoms with van der Waals surface area (Å²) in [7, 11) is 0. The van der Waals surface area contributed by atoms with Gasteiger partial charge in [0.2, 0.25) is 0 Å². The molecule has 2 aromatic carbocycles. The van der Waals surface area contributed by atoms with Crippen molar-refractivity contribution in [3.05, 3.63) is 77.4 Å². The van der Waals surface area contributed by atoms with Crippen LogP contribution in [0.2, 0.25) is 0 Å². The molecule has 4 nitrogen and oxygen atoms in total. The number of aliphatic hydroxyl groups excluding tert-OH is 1. The fourth-order valence-electron chi connectivity index (χ4n) is 3.83. The second-order valence-corrected chi connectivity index (χ2v) is 8.45. The number of furan rings is 1. The van der Waals surface area contributed by atoms with Gasteiger partial charge in [0, 0.05) is 11.1 Å². The van der Waals surface area contributed by atoms with Crippen molar-refractivity contribution < 1.29 is 14.3 Å². The maximum absolute atomic E-state index is 9.07. The van der Waals surface area contributed by atoms with Gasteiger partial charge < -0.3 is 19.6 Å². The Bertz CT molecular complexity index is 999. The minimum absolute atomic E-state index is 0.00530. The van der Waals surface area contributed by atoms with E-state index >= 15 is 0 Å². The molecule has 1 fully saturated rings. The van der Waals surface area contributed by atoms with Gasteiger partial charge in [0.05, 0.1) is 18.9 Å². The standard InChI is InChI=1S/C26H31NO3/c1-18(16-28)27-19(2)25-15-23-11-8-21(14-26(23)30-25)7-6-20-9-12-24(13-10-20)29-17-22-4-3-5-22/h8-16,19,22,27-28H,3-7,17H2,1-2H3/b18-16+. The van der Waals surface area contributed by atoms with Gasteiger partial charge in [0.15, 0.2) is 0 Å². The molecule has 2 N–H and O–H groups in total. The van der Waals surface area contributed by atoms with Crippen LogP contribution in [0.3, 0.4) is 0 Å². The van der Waals surface area contributed by atoms with E-state index in [1.165, 1.54) is 30.4 Å². The Labute approximate surface area is 178 Å². The van der Waals surface area contributed by atoms with Crippen LogP contribution in [0.4, 0.5) is 0 Å².